The number of amides is 1. The number of rotatable bonds is 3. The van der Waals surface area contributed by atoms with Gasteiger partial charge in [0.05, 0.1) is 0 Å². The predicted molar refractivity (Wildman–Crippen MR) is 68.5 cm³/mol. The van der Waals surface area contributed by atoms with Crippen LogP contribution in [0.25, 0.3) is 0 Å². The number of nitrogens with one attached hydrogen (secondary N) is 2. The van der Waals surface area contributed by atoms with E-state index >= 15 is 0 Å². The Labute approximate surface area is 111 Å². The first-order valence-electron chi connectivity index (χ1n) is 5.30. The third kappa shape index (κ3) is 2.68. The molecule has 0 bridgehead atoms. The van der Waals surface area contributed by atoms with Gasteiger partial charge in [0.25, 0.3) is 5.91 Å². The minimum Gasteiger partial charge on any atom is -0.363 e. The minimum absolute atomic E-state index is 0.0182. The molecule has 8 heteroatoms. The van der Waals surface area contributed by atoms with E-state index < -0.39 is 23.2 Å². The highest BCUT2D eigenvalue weighted by atomic mass is 32.1. The Morgan fingerprint density at radius 2 is 2.05 bits per heavy atom. The fraction of sp³-hybridized carbons (Fsp3) is 0.182. The third-order valence-electron chi connectivity index (χ3n) is 2.36. The molecule has 0 fully saturated rings. The average Bonchev–Trinajstić information content (AvgIpc) is 2.88. The van der Waals surface area contributed by atoms with Gasteiger partial charge in [-0.1, -0.05) is 17.4 Å². The molecule has 0 aliphatic rings. The zero-order valence-corrected chi connectivity index (χ0v) is 10.9. The predicted octanol–water partition coefficient (Wildman–Crippen LogP) is 2.42. The topological polar surface area (TPSA) is 66.9 Å². The highest BCUT2D eigenvalue weighted by Gasteiger charge is 2.18. The second-order valence-electron chi connectivity index (χ2n) is 3.67. The summed E-state index contributed by atoms with van der Waals surface area (Å²) in [5.74, 6) is -2.34. The van der Waals surface area contributed by atoms with Crippen molar-refractivity contribution in [1.82, 2.24) is 10.2 Å². The molecule has 0 spiro atoms. The van der Waals surface area contributed by atoms with E-state index in [2.05, 4.69) is 20.8 Å². The highest BCUT2D eigenvalue weighted by Crippen LogP contribution is 2.23. The zero-order chi connectivity index (χ0) is 14.0. The van der Waals surface area contributed by atoms with E-state index in [9.17, 15) is 13.6 Å². The van der Waals surface area contributed by atoms with Crippen LogP contribution in [0.2, 0.25) is 0 Å². The Bertz CT molecular complexity index is 629. The minimum atomic E-state index is -0.838. The molecule has 2 aromatic rings. The molecule has 0 atom stereocenters. The van der Waals surface area contributed by atoms with Crippen molar-refractivity contribution in [2.45, 2.75) is 6.92 Å². The van der Waals surface area contributed by atoms with Gasteiger partial charge in [-0.2, -0.15) is 0 Å². The van der Waals surface area contributed by atoms with Gasteiger partial charge in [0.15, 0.2) is 5.82 Å². The second-order valence-corrected chi connectivity index (χ2v) is 4.65. The first-order valence-corrected chi connectivity index (χ1v) is 6.11. The van der Waals surface area contributed by atoms with Crippen molar-refractivity contribution in [2.24, 2.45) is 0 Å². The van der Waals surface area contributed by atoms with Crippen LogP contribution in [-0.2, 0) is 0 Å². The number of hydrogen-bond acceptors (Lipinski definition) is 5. The van der Waals surface area contributed by atoms with Crippen LogP contribution < -0.4 is 10.6 Å². The number of carbonyl (C=O) groups is 1. The van der Waals surface area contributed by atoms with Crippen LogP contribution in [0, 0.1) is 18.6 Å². The molecule has 2 N–H and O–H groups in total. The standard InChI is InChI=1S/C11H10F2N4OS/c1-5-3-4-6(12)8(7(5)13)15-9(18)10-16-17-11(14-2)19-10/h3-4H,1-2H3,(H,14,17)(H,15,18). The summed E-state index contributed by atoms with van der Waals surface area (Å²) in [6, 6.07) is 2.39. The largest absolute Gasteiger partial charge is 0.363 e. The lowest BCUT2D eigenvalue weighted by Crippen LogP contribution is -2.14. The fourth-order valence-electron chi connectivity index (χ4n) is 1.35. The molecular formula is C11H10F2N4OS. The molecule has 0 unspecified atom stereocenters. The quantitative estimate of drug-likeness (QED) is 0.908. The van der Waals surface area contributed by atoms with Crippen molar-refractivity contribution in [3.63, 3.8) is 0 Å². The first-order chi connectivity index (χ1) is 9.02. The number of halogens is 2. The molecule has 1 aromatic carbocycles. The van der Waals surface area contributed by atoms with Crippen molar-refractivity contribution in [3.05, 3.63) is 34.3 Å². The molecule has 19 heavy (non-hydrogen) atoms. The zero-order valence-electron chi connectivity index (χ0n) is 10.1. The van der Waals surface area contributed by atoms with E-state index in [4.69, 9.17) is 0 Å². The molecule has 5 nitrogen and oxygen atoms in total. The van der Waals surface area contributed by atoms with E-state index in [1.807, 2.05) is 0 Å². The molecule has 0 aliphatic carbocycles. The van der Waals surface area contributed by atoms with E-state index in [1.54, 1.807) is 7.05 Å². The van der Waals surface area contributed by atoms with Gasteiger partial charge in [-0.25, -0.2) is 8.78 Å². The van der Waals surface area contributed by atoms with Crippen LogP contribution in [0.1, 0.15) is 15.4 Å². The smallest absolute Gasteiger partial charge is 0.286 e. The Balaban J connectivity index is 2.26. The van der Waals surface area contributed by atoms with Crippen molar-refractivity contribution in [1.29, 1.82) is 0 Å². The molecule has 0 radical (unpaired) electrons. The molecular weight excluding hydrogens is 274 g/mol. The van der Waals surface area contributed by atoms with Crippen molar-refractivity contribution in [3.8, 4) is 0 Å². The molecule has 2 rings (SSSR count). The lowest BCUT2D eigenvalue weighted by Gasteiger charge is -2.07. The van der Waals surface area contributed by atoms with Crippen molar-refractivity contribution >= 4 is 28.1 Å². The maximum absolute atomic E-state index is 13.7. The lowest BCUT2D eigenvalue weighted by molar-refractivity contribution is 0.102. The van der Waals surface area contributed by atoms with Crippen LogP contribution in [-0.4, -0.2) is 23.2 Å². The van der Waals surface area contributed by atoms with E-state index in [0.717, 1.165) is 17.4 Å². The van der Waals surface area contributed by atoms with Gasteiger partial charge in [0, 0.05) is 7.05 Å². The number of aryl methyl sites for hydroxylation is 1. The van der Waals surface area contributed by atoms with Crippen LogP contribution in [0.5, 0.6) is 0 Å². The van der Waals surface area contributed by atoms with E-state index in [-0.39, 0.29) is 10.6 Å². The summed E-state index contributed by atoms with van der Waals surface area (Å²) in [5.41, 5.74) is -0.240. The molecule has 1 heterocycles. The molecule has 100 valence electrons. The molecule has 0 saturated carbocycles. The Morgan fingerprint density at radius 3 is 2.68 bits per heavy atom. The fourth-order valence-corrected chi connectivity index (χ4v) is 1.95. The van der Waals surface area contributed by atoms with Crippen LogP contribution in [0.15, 0.2) is 12.1 Å². The number of carbonyl (C=O) groups excluding carboxylic acids is 1. The van der Waals surface area contributed by atoms with Gasteiger partial charge in [0.2, 0.25) is 10.1 Å². The number of benzene rings is 1. The third-order valence-corrected chi connectivity index (χ3v) is 3.30. The summed E-state index contributed by atoms with van der Waals surface area (Å²) in [7, 11) is 1.63. The average molecular weight is 284 g/mol. The summed E-state index contributed by atoms with van der Waals surface area (Å²) in [6.07, 6.45) is 0. The van der Waals surface area contributed by atoms with Gasteiger partial charge >= 0.3 is 0 Å². The number of anilines is 2. The van der Waals surface area contributed by atoms with Gasteiger partial charge in [-0.05, 0) is 18.6 Å². The summed E-state index contributed by atoms with van der Waals surface area (Å²) in [6.45, 7) is 1.48. The van der Waals surface area contributed by atoms with Crippen molar-refractivity contribution < 1.29 is 13.6 Å². The molecule has 0 aliphatic heterocycles. The van der Waals surface area contributed by atoms with E-state index in [0.29, 0.717) is 5.13 Å². The summed E-state index contributed by atoms with van der Waals surface area (Å²) < 4.78 is 27.2. The highest BCUT2D eigenvalue weighted by molar-refractivity contribution is 7.17. The van der Waals surface area contributed by atoms with Gasteiger partial charge in [0.1, 0.15) is 11.5 Å². The summed E-state index contributed by atoms with van der Waals surface area (Å²) >= 11 is 0.986. The Kier molecular flexibility index (Phi) is 3.70. The molecule has 0 saturated heterocycles. The number of hydrogen-bond donors (Lipinski definition) is 2. The first kappa shape index (κ1) is 13.3. The van der Waals surface area contributed by atoms with Gasteiger partial charge < -0.3 is 10.6 Å². The normalized spacial score (nSPS) is 10.3. The second kappa shape index (κ2) is 5.27. The SMILES string of the molecule is CNc1nnc(C(=O)Nc2c(F)ccc(C)c2F)s1. The summed E-state index contributed by atoms with van der Waals surface area (Å²) in [4.78, 5) is 11.8. The Hall–Kier alpha value is -2.09. The van der Waals surface area contributed by atoms with E-state index in [1.165, 1.54) is 13.0 Å². The molecule has 1 amide bonds. The summed E-state index contributed by atoms with van der Waals surface area (Å²) in [5, 5.41) is 12.6. The van der Waals surface area contributed by atoms with Crippen LogP contribution >= 0.6 is 11.3 Å². The van der Waals surface area contributed by atoms with Crippen LogP contribution in [0.4, 0.5) is 19.6 Å². The Morgan fingerprint density at radius 1 is 1.32 bits per heavy atom. The number of nitrogens with zero attached hydrogens (tertiary/aromatic N) is 2. The lowest BCUT2D eigenvalue weighted by atomic mass is 10.2. The van der Waals surface area contributed by atoms with Crippen molar-refractivity contribution in [2.75, 3.05) is 17.7 Å². The number of aromatic nitrogens is 2. The van der Waals surface area contributed by atoms with Crippen LogP contribution in [0.3, 0.4) is 0 Å². The monoisotopic (exact) mass is 284 g/mol. The van der Waals surface area contributed by atoms with Gasteiger partial charge in [-0.15, -0.1) is 10.2 Å². The van der Waals surface area contributed by atoms with Gasteiger partial charge in [-0.3, -0.25) is 4.79 Å². The maximum atomic E-state index is 13.7. The maximum Gasteiger partial charge on any atom is 0.286 e. The molecule has 1 aromatic heterocycles.